The number of oxazole rings is 1. The molecule has 1 saturated carbocycles. The van der Waals surface area contributed by atoms with Crippen LogP contribution >= 0.6 is 0 Å². The smallest absolute Gasteiger partial charge is 0.298 e. The third-order valence-corrected chi connectivity index (χ3v) is 3.91. The lowest BCUT2D eigenvalue weighted by Crippen LogP contribution is -2.36. The van der Waals surface area contributed by atoms with Gasteiger partial charge in [0.1, 0.15) is 11.2 Å². The molecule has 116 valence electrons. The van der Waals surface area contributed by atoms with Gasteiger partial charge >= 0.3 is 0 Å². The Morgan fingerprint density at radius 3 is 2.77 bits per heavy atom. The Kier molecular flexibility index (Phi) is 3.11. The van der Waals surface area contributed by atoms with E-state index in [1.807, 2.05) is 4.90 Å². The molecule has 0 unspecified atom stereocenters. The van der Waals surface area contributed by atoms with E-state index in [-0.39, 0.29) is 10.6 Å². The number of nitrogens with zero attached hydrogens (tertiary/aromatic N) is 3. The summed E-state index contributed by atoms with van der Waals surface area (Å²) in [7, 11) is 0. The molecule has 0 amide bonds. The van der Waals surface area contributed by atoms with E-state index < -0.39 is 0 Å². The van der Waals surface area contributed by atoms with Gasteiger partial charge in [-0.3, -0.25) is 10.1 Å². The number of benzene rings is 1. The topological polar surface area (TPSA) is 93.7 Å². The first-order valence-electron chi connectivity index (χ1n) is 7.39. The van der Waals surface area contributed by atoms with Gasteiger partial charge < -0.3 is 19.4 Å². The molecule has 2 fully saturated rings. The van der Waals surface area contributed by atoms with Gasteiger partial charge in [0.05, 0.1) is 24.2 Å². The summed E-state index contributed by atoms with van der Waals surface area (Å²) in [4.78, 5) is 17.3. The van der Waals surface area contributed by atoms with Gasteiger partial charge in [0.25, 0.3) is 11.7 Å². The predicted octanol–water partition coefficient (Wildman–Crippen LogP) is 2.15. The minimum Gasteiger partial charge on any atom is -0.423 e. The van der Waals surface area contributed by atoms with Crippen LogP contribution in [0.25, 0.3) is 11.1 Å². The fourth-order valence-corrected chi connectivity index (χ4v) is 2.56. The molecule has 2 aromatic rings. The summed E-state index contributed by atoms with van der Waals surface area (Å²) in [5, 5.41) is 14.4. The zero-order valence-electron chi connectivity index (χ0n) is 11.9. The van der Waals surface area contributed by atoms with Crippen molar-refractivity contribution in [1.82, 2.24) is 4.98 Å². The molecule has 1 aliphatic heterocycles. The van der Waals surface area contributed by atoms with E-state index in [4.69, 9.17) is 9.15 Å². The van der Waals surface area contributed by atoms with Crippen LogP contribution < -0.4 is 10.2 Å². The number of nitro benzene ring substituents is 1. The number of rotatable bonds is 4. The Labute approximate surface area is 126 Å². The van der Waals surface area contributed by atoms with Crippen LogP contribution in [0.1, 0.15) is 12.8 Å². The van der Waals surface area contributed by atoms with Gasteiger partial charge in [0.2, 0.25) is 0 Å². The highest BCUT2D eigenvalue weighted by atomic mass is 16.6. The maximum Gasteiger partial charge on any atom is 0.298 e. The summed E-state index contributed by atoms with van der Waals surface area (Å²) in [5.41, 5.74) is 1.62. The molecule has 4 rings (SSSR count). The summed E-state index contributed by atoms with van der Waals surface area (Å²) in [6.45, 7) is 2.69. The van der Waals surface area contributed by atoms with E-state index >= 15 is 0 Å². The molecule has 2 heterocycles. The lowest BCUT2D eigenvalue weighted by atomic mass is 10.2. The third-order valence-electron chi connectivity index (χ3n) is 3.91. The average Bonchev–Trinajstić information content (AvgIpc) is 3.23. The SMILES string of the molecule is O=[N+]([O-])c1cc2oc(N3CCOCC3)nc2cc1NC1CC1. The highest BCUT2D eigenvalue weighted by molar-refractivity contribution is 5.85. The molecule has 0 atom stereocenters. The minimum absolute atomic E-state index is 0.0316. The van der Waals surface area contributed by atoms with Crippen molar-refractivity contribution in [3.05, 3.63) is 22.2 Å². The van der Waals surface area contributed by atoms with Crippen LogP contribution in [-0.2, 0) is 4.74 Å². The maximum atomic E-state index is 11.3. The molecule has 1 aliphatic carbocycles. The first-order valence-corrected chi connectivity index (χ1v) is 7.39. The second kappa shape index (κ2) is 5.13. The molecule has 0 spiro atoms. The van der Waals surface area contributed by atoms with E-state index in [1.54, 1.807) is 6.07 Å². The molecule has 0 radical (unpaired) electrons. The monoisotopic (exact) mass is 304 g/mol. The molecule has 8 heteroatoms. The van der Waals surface area contributed by atoms with Crippen LogP contribution in [0.15, 0.2) is 16.5 Å². The normalized spacial score (nSPS) is 18.6. The Morgan fingerprint density at radius 2 is 2.09 bits per heavy atom. The Morgan fingerprint density at radius 1 is 1.32 bits per heavy atom. The number of fused-ring (bicyclic) bond motifs is 1. The van der Waals surface area contributed by atoms with Gasteiger partial charge in [-0.05, 0) is 18.9 Å². The number of anilines is 2. The molecular formula is C14H16N4O4. The van der Waals surface area contributed by atoms with Crippen LogP contribution in [0.2, 0.25) is 0 Å². The van der Waals surface area contributed by atoms with Crippen LogP contribution in [0, 0.1) is 10.1 Å². The lowest BCUT2D eigenvalue weighted by Gasteiger charge is -2.24. The quantitative estimate of drug-likeness (QED) is 0.683. The third kappa shape index (κ3) is 2.45. The van der Waals surface area contributed by atoms with Crippen molar-refractivity contribution in [2.24, 2.45) is 0 Å². The summed E-state index contributed by atoms with van der Waals surface area (Å²) >= 11 is 0. The van der Waals surface area contributed by atoms with Gasteiger partial charge in [0, 0.05) is 19.1 Å². The largest absolute Gasteiger partial charge is 0.423 e. The van der Waals surface area contributed by atoms with Gasteiger partial charge in [0.15, 0.2) is 5.58 Å². The van der Waals surface area contributed by atoms with Crippen molar-refractivity contribution in [2.45, 2.75) is 18.9 Å². The zero-order chi connectivity index (χ0) is 15.1. The van der Waals surface area contributed by atoms with Crippen molar-refractivity contribution in [3.8, 4) is 0 Å². The predicted molar refractivity (Wildman–Crippen MR) is 80.3 cm³/mol. The van der Waals surface area contributed by atoms with Crippen LogP contribution in [0.4, 0.5) is 17.4 Å². The number of aromatic nitrogens is 1. The van der Waals surface area contributed by atoms with Gasteiger partial charge in [-0.25, -0.2) is 0 Å². The minimum atomic E-state index is -0.388. The molecular weight excluding hydrogens is 288 g/mol. The van der Waals surface area contributed by atoms with Crippen molar-refractivity contribution in [2.75, 3.05) is 36.5 Å². The van der Waals surface area contributed by atoms with E-state index in [0.717, 1.165) is 12.8 Å². The van der Waals surface area contributed by atoms with Crippen LogP contribution in [0.3, 0.4) is 0 Å². The van der Waals surface area contributed by atoms with Crippen molar-refractivity contribution in [1.29, 1.82) is 0 Å². The van der Waals surface area contributed by atoms with E-state index in [0.29, 0.717) is 55.1 Å². The highest BCUT2D eigenvalue weighted by Gasteiger charge is 2.27. The van der Waals surface area contributed by atoms with Gasteiger partial charge in [-0.1, -0.05) is 0 Å². The van der Waals surface area contributed by atoms with Crippen LogP contribution in [-0.4, -0.2) is 42.3 Å². The number of ether oxygens (including phenoxy) is 1. The van der Waals surface area contributed by atoms with Crippen molar-refractivity contribution >= 4 is 28.5 Å². The average molecular weight is 304 g/mol. The number of hydrogen-bond donors (Lipinski definition) is 1. The standard InChI is InChI=1S/C14H16N4O4/c19-18(20)12-8-13-11(7-10(12)15-9-1-2-9)16-14(22-13)17-3-5-21-6-4-17/h7-9,15H,1-6H2. The number of hydrogen-bond acceptors (Lipinski definition) is 7. The molecule has 8 nitrogen and oxygen atoms in total. The molecule has 1 aromatic heterocycles. The summed E-state index contributed by atoms with van der Waals surface area (Å²) < 4.78 is 11.0. The molecule has 1 aromatic carbocycles. The van der Waals surface area contributed by atoms with Crippen molar-refractivity contribution in [3.63, 3.8) is 0 Å². The fourth-order valence-electron chi connectivity index (χ4n) is 2.56. The second-order valence-electron chi connectivity index (χ2n) is 5.61. The van der Waals surface area contributed by atoms with Crippen LogP contribution in [0.5, 0.6) is 0 Å². The summed E-state index contributed by atoms with van der Waals surface area (Å²) in [5.74, 6) is 0. The molecule has 2 aliphatic rings. The Balaban J connectivity index is 1.72. The Bertz CT molecular complexity index is 719. The second-order valence-corrected chi connectivity index (χ2v) is 5.61. The number of nitrogens with one attached hydrogen (secondary N) is 1. The Hall–Kier alpha value is -2.35. The van der Waals surface area contributed by atoms with Gasteiger partial charge in [-0.15, -0.1) is 0 Å². The van der Waals surface area contributed by atoms with E-state index in [9.17, 15) is 10.1 Å². The van der Waals surface area contributed by atoms with E-state index in [1.165, 1.54) is 6.07 Å². The van der Waals surface area contributed by atoms with Gasteiger partial charge in [-0.2, -0.15) is 4.98 Å². The molecule has 1 N–H and O–H groups in total. The summed E-state index contributed by atoms with van der Waals surface area (Å²) in [6.07, 6.45) is 2.10. The van der Waals surface area contributed by atoms with Crippen molar-refractivity contribution < 1.29 is 14.1 Å². The molecule has 22 heavy (non-hydrogen) atoms. The first kappa shape index (κ1) is 13.3. The highest BCUT2D eigenvalue weighted by Crippen LogP contribution is 2.35. The lowest BCUT2D eigenvalue weighted by molar-refractivity contribution is -0.383. The molecule has 1 saturated heterocycles. The van der Waals surface area contributed by atoms with E-state index in [2.05, 4.69) is 10.3 Å². The first-order chi connectivity index (χ1) is 10.7. The summed E-state index contributed by atoms with van der Waals surface area (Å²) in [6, 6.07) is 3.99. The fraction of sp³-hybridized carbons (Fsp3) is 0.500. The number of nitro groups is 1. The molecule has 0 bridgehead atoms. The number of morpholine rings is 1. The maximum absolute atomic E-state index is 11.3. The zero-order valence-corrected chi connectivity index (χ0v) is 11.9.